The molecule has 8 heteroatoms. The van der Waals surface area contributed by atoms with Crippen LogP contribution in [0.5, 0.6) is 0 Å². The molecule has 0 unspecified atom stereocenters. The van der Waals surface area contributed by atoms with Gasteiger partial charge in [-0.05, 0) is 37.3 Å². The largest absolute Gasteiger partial charge is 0.350 e. The molecule has 138 valence electrons. The Labute approximate surface area is 160 Å². The molecule has 0 saturated heterocycles. The van der Waals surface area contributed by atoms with Crippen LogP contribution in [0.1, 0.15) is 26.6 Å². The van der Waals surface area contributed by atoms with Crippen LogP contribution in [0.2, 0.25) is 5.02 Å². The van der Waals surface area contributed by atoms with Gasteiger partial charge >= 0.3 is 11.8 Å². The summed E-state index contributed by atoms with van der Waals surface area (Å²) < 4.78 is 5.01. The Kier molecular flexibility index (Phi) is 5.83. The molecule has 2 amide bonds. The van der Waals surface area contributed by atoms with Crippen LogP contribution < -0.4 is 10.6 Å². The molecule has 0 aliphatic carbocycles. The van der Waals surface area contributed by atoms with Crippen LogP contribution in [0.4, 0.5) is 0 Å². The summed E-state index contributed by atoms with van der Waals surface area (Å²) in [6, 6.07) is 14.1. The van der Waals surface area contributed by atoms with Crippen molar-refractivity contribution in [3.63, 3.8) is 0 Å². The third kappa shape index (κ3) is 4.92. The van der Waals surface area contributed by atoms with Crippen molar-refractivity contribution in [3.8, 4) is 11.4 Å². The van der Waals surface area contributed by atoms with E-state index in [4.69, 9.17) is 16.1 Å². The molecular weight excluding hydrogens is 368 g/mol. The number of aryl methyl sites for hydroxylation is 1. The van der Waals surface area contributed by atoms with Gasteiger partial charge in [0.25, 0.3) is 5.91 Å². The molecule has 7 nitrogen and oxygen atoms in total. The maximum atomic E-state index is 12.1. The Morgan fingerprint density at radius 3 is 2.44 bits per heavy atom. The Morgan fingerprint density at radius 1 is 1.04 bits per heavy atom. The van der Waals surface area contributed by atoms with Gasteiger partial charge < -0.3 is 15.2 Å². The molecule has 2 aromatic carbocycles. The second kappa shape index (κ2) is 8.46. The van der Waals surface area contributed by atoms with Crippen molar-refractivity contribution in [1.82, 2.24) is 20.8 Å². The summed E-state index contributed by atoms with van der Waals surface area (Å²) in [6.45, 7) is 2.43. The molecule has 0 bridgehead atoms. The van der Waals surface area contributed by atoms with Crippen molar-refractivity contribution in [2.45, 2.75) is 6.92 Å². The SMILES string of the molecule is Cc1cccc(-c2noc(C(=O)NCCNC(=O)c3ccc(Cl)cc3)n2)c1. The number of nitrogens with zero attached hydrogens (tertiary/aromatic N) is 2. The monoisotopic (exact) mass is 384 g/mol. The zero-order valence-corrected chi connectivity index (χ0v) is 15.3. The molecule has 0 saturated carbocycles. The van der Waals surface area contributed by atoms with Crippen molar-refractivity contribution in [2.75, 3.05) is 13.1 Å². The number of benzene rings is 2. The lowest BCUT2D eigenvalue weighted by molar-refractivity contribution is 0.0898. The van der Waals surface area contributed by atoms with Gasteiger partial charge in [0, 0.05) is 29.2 Å². The number of hydrogen-bond acceptors (Lipinski definition) is 5. The first kappa shape index (κ1) is 18.6. The molecule has 1 heterocycles. The highest BCUT2D eigenvalue weighted by atomic mass is 35.5. The topological polar surface area (TPSA) is 97.1 Å². The second-order valence-corrected chi connectivity index (χ2v) is 6.25. The summed E-state index contributed by atoms with van der Waals surface area (Å²) in [5.41, 5.74) is 2.32. The fourth-order valence-electron chi connectivity index (χ4n) is 2.35. The van der Waals surface area contributed by atoms with E-state index in [2.05, 4.69) is 20.8 Å². The second-order valence-electron chi connectivity index (χ2n) is 5.81. The Morgan fingerprint density at radius 2 is 1.74 bits per heavy atom. The molecule has 0 spiro atoms. The smallest absolute Gasteiger partial charge is 0.316 e. The van der Waals surface area contributed by atoms with E-state index in [0.717, 1.165) is 11.1 Å². The lowest BCUT2D eigenvalue weighted by atomic mass is 10.1. The number of carbonyl (C=O) groups is 2. The number of amides is 2. The molecule has 2 N–H and O–H groups in total. The van der Waals surface area contributed by atoms with Crippen LogP contribution in [0, 0.1) is 6.92 Å². The fraction of sp³-hybridized carbons (Fsp3) is 0.158. The lowest BCUT2D eigenvalue weighted by Crippen LogP contribution is -2.34. The van der Waals surface area contributed by atoms with Crippen molar-refractivity contribution < 1.29 is 14.1 Å². The minimum Gasteiger partial charge on any atom is -0.350 e. The van der Waals surface area contributed by atoms with Gasteiger partial charge in [-0.25, -0.2) is 0 Å². The lowest BCUT2D eigenvalue weighted by Gasteiger charge is -2.05. The van der Waals surface area contributed by atoms with E-state index in [-0.39, 0.29) is 24.9 Å². The van der Waals surface area contributed by atoms with Crippen LogP contribution >= 0.6 is 11.6 Å². The van der Waals surface area contributed by atoms with Crippen LogP contribution in [-0.4, -0.2) is 35.0 Å². The minimum atomic E-state index is -0.498. The first-order valence-electron chi connectivity index (χ1n) is 8.25. The molecule has 27 heavy (non-hydrogen) atoms. The van der Waals surface area contributed by atoms with E-state index in [1.807, 2.05) is 31.2 Å². The van der Waals surface area contributed by atoms with E-state index in [1.54, 1.807) is 24.3 Å². The third-order valence-corrected chi connectivity index (χ3v) is 3.95. The Balaban J connectivity index is 1.48. The van der Waals surface area contributed by atoms with E-state index >= 15 is 0 Å². The highest BCUT2D eigenvalue weighted by Crippen LogP contribution is 2.16. The van der Waals surface area contributed by atoms with Crippen molar-refractivity contribution >= 4 is 23.4 Å². The molecule has 0 aliphatic rings. The van der Waals surface area contributed by atoms with Crippen LogP contribution in [-0.2, 0) is 0 Å². The van der Waals surface area contributed by atoms with Gasteiger partial charge in [0.1, 0.15) is 0 Å². The normalized spacial score (nSPS) is 10.4. The van der Waals surface area contributed by atoms with Gasteiger partial charge in [0.15, 0.2) is 0 Å². The summed E-state index contributed by atoms with van der Waals surface area (Å²) in [5, 5.41) is 9.70. The average Bonchev–Trinajstić information content (AvgIpc) is 3.16. The number of rotatable bonds is 6. The minimum absolute atomic E-state index is 0.129. The molecular formula is C19H17ClN4O3. The molecule has 0 atom stereocenters. The maximum absolute atomic E-state index is 12.1. The molecule has 3 rings (SSSR count). The van der Waals surface area contributed by atoms with Gasteiger partial charge in [-0.15, -0.1) is 0 Å². The van der Waals surface area contributed by atoms with Crippen molar-refractivity contribution in [2.24, 2.45) is 0 Å². The summed E-state index contributed by atoms with van der Waals surface area (Å²) in [7, 11) is 0. The van der Waals surface area contributed by atoms with Crippen LogP contribution in [0.15, 0.2) is 53.1 Å². The summed E-state index contributed by atoms with van der Waals surface area (Å²) in [6.07, 6.45) is 0. The van der Waals surface area contributed by atoms with Crippen molar-refractivity contribution in [1.29, 1.82) is 0 Å². The molecule has 0 radical (unpaired) electrons. The molecule has 3 aromatic rings. The average molecular weight is 385 g/mol. The molecule has 0 fully saturated rings. The molecule has 1 aromatic heterocycles. The summed E-state index contributed by atoms with van der Waals surface area (Å²) >= 11 is 5.79. The van der Waals surface area contributed by atoms with E-state index in [0.29, 0.717) is 16.4 Å². The predicted octanol–water partition coefficient (Wildman–Crippen LogP) is 2.86. The predicted molar refractivity (Wildman–Crippen MR) is 101 cm³/mol. The molecule has 0 aliphatic heterocycles. The van der Waals surface area contributed by atoms with Gasteiger partial charge in [-0.3, -0.25) is 9.59 Å². The zero-order chi connectivity index (χ0) is 19.2. The first-order valence-corrected chi connectivity index (χ1v) is 8.63. The highest BCUT2D eigenvalue weighted by molar-refractivity contribution is 6.30. The van der Waals surface area contributed by atoms with E-state index in [9.17, 15) is 9.59 Å². The Bertz CT molecular complexity index is 954. The van der Waals surface area contributed by atoms with Crippen LogP contribution in [0.3, 0.4) is 0 Å². The highest BCUT2D eigenvalue weighted by Gasteiger charge is 2.15. The number of carbonyl (C=O) groups excluding carboxylic acids is 2. The quantitative estimate of drug-likeness (QED) is 0.637. The van der Waals surface area contributed by atoms with Gasteiger partial charge in [0.2, 0.25) is 5.82 Å². The van der Waals surface area contributed by atoms with E-state index < -0.39 is 5.91 Å². The Hall–Kier alpha value is -3.19. The fourth-order valence-corrected chi connectivity index (χ4v) is 2.47. The standard InChI is InChI=1S/C19H17ClN4O3/c1-12-3-2-4-14(11-12)16-23-19(27-24-16)18(26)22-10-9-21-17(25)13-5-7-15(20)8-6-13/h2-8,11H,9-10H2,1H3,(H,21,25)(H,22,26). The summed E-state index contributed by atoms with van der Waals surface area (Å²) in [4.78, 5) is 28.1. The van der Waals surface area contributed by atoms with Gasteiger partial charge in [-0.2, -0.15) is 4.98 Å². The van der Waals surface area contributed by atoms with Crippen molar-refractivity contribution in [3.05, 3.63) is 70.6 Å². The van der Waals surface area contributed by atoms with Gasteiger partial charge in [-0.1, -0.05) is 40.5 Å². The summed E-state index contributed by atoms with van der Waals surface area (Å²) in [5.74, 6) is -0.530. The first-order chi connectivity index (χ1) is 13.0. The number of aromatic nitrogens is 2. The number of halogens is 1. The van der Waals surface area contributed by atoms with Gasteiger partial charge in [0.05, 0.1) is 0 Å². The number of hydrogen-bond donors (Lipinski definition) is 2. The zero-order valence-electron chi connectivity index (χ0n) is 14.5. The van der Waals surface area contributed by atoms with Crippen LogP contribution in [0.25, 0.3) is 11.4 Å². The maximum Gasteiger partial charge on any atom is 0.316 e. The third-order valence-electron chi connectivity index (χ3n) is 3.70. The van der Waals surface area contributed by atoms with E-state index in [1.165, 1.54) is 0 Å². The number of nitrogens with one attached hydrogen (secondary N) is 2.